The Kier molecular flexibility index (Phi) is 14.1. The van der Waals surface area contributed by atoms with Crippen LogP contribution in [0.4, 0.5) is 0 Å². The van der Waals surface area contributed by atoms with Gasteiger partial charge < -0.3 is 4.74 Å². The van der Waals surface area contributed by atoms with Gasteiger partial charge in [-0.25, -0.2) is 0 Å². The summed E-state index contributed by atoms with van der Waals surface area (Å²) < 4.78 is 37.8. The van der Waals surface area contributed by atoms with Crippen molar-refractivity contribution in [1.29, 1.82) is 0 Å². The van der Waals surface area contributed by atoms with E-state index in [0.29, 0.717) is 0 Å². The minimum atomic E-state index is -4.08. The highest BCUT2D eigenvalue weighted by Gasteiger charge is 2.18. The normalized spacial score (nSPS) is 12.8. The van der Waals surface area contributed by atoms with Gasteiger partial charge in [0.15, 0.2) is 0 Å². The van der Waals surface area contributed by atoms with Crippen LogP contribution in [-0.4, -0.2) is 24.8 Å². The molecular weight excluding hydrogens is 396 g/mol. The van der Waals surface area contributed by atoms with Crippen molar-refractivity contribution >= 4 is 10.1 Å². The first-order chi connectivity index (χ1) is 14.4. The molecule has 1 aromatic rings. The van der Waals surface area contributed by atoms with Crippen molar-refractivity contribution in [3.63, 3.8) is 0 Å². The number of hydrogen-bond acceptors (Lipinski definition) is 3. The fourth-order valence-corrected chi connectivity index (χ4v) is 3.83. The summed E-state index contributed by atoms with van der Waals surface area (Å²) in [5, 5.41) is -0.929. The van der Waals surface area contributed by atoms with Gasteiger partial charge in [-0.3, -0.25) is 4.55 Å². The minimum Gasteiger partial charge on any atom is -0.492 e. The van der Waals surface area contributed by atoms with Crippen LogP contribution in [0.15, 0.2) is 18.2 Å². The Hall–Kier alpha value is -1.07. The number of hydrogen-bond donors (Lipinski definition) is 1. The molecule has 1 unspecified atom stereocenters. The zero-order valence-corrected chi connectivity index (χ0v) is 20.3. The van der Waals surface area contributed by atoms with Crippen molar-refractivity contribution in [3.05, 3.63) is 29.3 Å². The molecule has 0 aliphatic carbocycles. The lowest BCUT2D eigenvalue weighted by molar-refractivity contribution is 0.307. The van der Waals surface area contributed by atoms with Crippen molar-refractivity contribution in [2.24, 2.45) is 0 Å². The van der Waals surface area contributed by atoms with E-state index in [2.05, 4.69) is 32.0 Å². The molecule has 4 nitrogen and oxygen atoms in total. The largest absolute Gasteiger partial charge is 0.492 e. The van der Waals surface area contributed by atoms with Crippen molar-refractivity contribution in [1.82, 2.24) is 0 Å². The van der Waals surface area contributed by atoms with Gasteiger partial charge in [0, 0.05) is 0 Å². The van der Waals surface area contributed by atoms with Gasteiger partial charge in [0.2, 0.25) is 0 Å². The van der Waals surface area contributed by atoms with Crippen LogP contribution in [0, 0.1) is 0 Å². The molecule has 0 aliphatic heterocycles. The van der Waals surface area contributed by atoms with Crippen LogP contribution in [0.5, 0.6) is 5.75 Å². The van der Waals surface area contributed by atoms with Gasteiger partial charge in [-0.15, -0.1) is 0 Å². The number of benzene rings is 1. The molecule has 0 spiro atoms. The second-order valence-corrected chi connectivity index (χ2v) is 10.4. The third kappa shape index (κ3) is 11.9. The van der Waals surface area contributed by atoms with Crippen molar-refractivity contribution in [3.8, 4) is 5.75 Å². The molecule has 174 valence electrons. The molecule has 0 bridgehead atoms. The fraction of sp³-hybridized carbons (Fsp3) is 0.760. The molecule has 0 fully saturated rings. The van der Waals surface area contributed by atoms with E-state index < -0.39 is 15.4 Å². The lowest BCUT2D eigenvalue weighted by Gasteiger charge is -2.16. The van der Waals surface area contributed by atoms with Crippen LogP contribution in [0.3, 0.4) is 0 Å². The number of ether oxygens (including phenoxy) is 1. The smallest absolute Gasteiger partial charge is 0.270 e. The van der Waals surface area contributed by atoms with Gasteiger partial charge in [-0.05, 0) is 49.8 Å². The Morgan fingerprint density at radius 3 is 1.93 bits per heavy atom. The Labute approximate surface area is 185 Å². The highest BCUT2D eigenvalue weighted by Crippen LogP contribution is 2.25. The molecule has 5 heteroatoms. The topological polar surface area (TPSA) is 63.6 Å². The summed E-state index contributed by atoms with van der Waals surface area (Å²) in [6.07, 6.45) is 17.0. The minimum absolute atomic E-state index is 0.0250. The highest BCUT2D eigenvalue weighted by atomic mass is 32.2. The van der Waals surface area contributed by atoms with Crippen LogP contribution < -0.4 is 4.74 Å². The fourth-order valence-electron chi connectivity index (χ4n) is 3.59. The molecule has 0 saturated heterocycles. The quantitative estimate of drug-likeness (QED) is 0.194. The summed E-state index contributed by atoms with van der Waals surface area (Å²) in [7, 11) is -4.08. The maximum absolute atomic E-state index is 11.3. The monoisotopic (exact) mass is 440 g/mol. The van der Waals surface area contributed by atoms with Crippen LogP contribution in [0.25, 0.3) is 0 Å². The molecule has 0 aliphatic rings. The van der Waals surface area contributed by atoms with Crippen LogP contribution in [-0.2, 0) is 23.0 Å². The van der Waals surface area contributed by atoms with E-state index in [9.17, 15) is 13.0 Å². The van der Waals surface area contributed by atoms with E-state index in [1.807, 2.05) is 0 Å². The summed E-state index contributed by atoms with van der Waals surface area (Å²) in [5.41, 5.74) is 2.38. The van der Waals surface area contributed by atoms with E-state index in [1.54, 1.807) is 0 Å². The average Bonchev–Trinajstić information content (AvgIpc) is 2.71. The van der Waals surface area contributed by atoms with E-state index in [4.69, 9.17) is 4.74 Å². The third-order valence-electron chi connectivity index (χ3n) is 5.73. The SMILES string of the molecule is CCCCCCCCc1ccc(CCCCCCCC)c(OCC(C)S(=O)(=O)O)c1. The van der Waals surface area contributed by atoms with E-state index >= 15 is 0 Å². The predicted octanol–water partition coefficient (Wildman–Crippen LogP) is 7.15. The van der Waals surface area contributed by atoms with Gasteiger partial charge in [-0.2, -0.15) is 8.42 Å². The van der Waals surface area contributed by atoms with Crippen LogP contribution in [0.1, 0.15) is 109 Å². The molecule has 30 heavy (non-hydrogen) atoms. The van der Waals surface area contributed by atoms with E-state index in [-0.39, 0.29) is 6.61 Å². The number of aryl methyl sites for hydroxylation is 2. The summed E-state index contributed by atoms with van der Waals surface area (Å²) in [4.78, 5) is 0. The summed E-state index contributed by atoms with van der Waals surface area (Å²) in [6, 6.07) is 6.42. The zero-order valence-electron chi connectivity index (χ0n) is 19.5. The Morgan fingerprint density at radius 1 is 0.833 bits per heavy atom. The average molecular weight is 441 g/mol. The van der Waals surface area contributed by atoms with Crippen molar-refractivity contribution in [2.75, 3.05) is 6.61 Å². The Morgan fingerprint density at radius 2 is 1.37 bits per heavy atom. The standard InChI is InChI=1S/C25H44O4S/c1-4-6-8-10-12-14-16-23-18-19-24(17-15-13-11-9-7-5-2)25(20-23)29-21-22(3)30(26,27)28/h18-20,22H,4-17,21H2,1-3H3,(H,26,27,28). The molecule has 1 aromatic carbocycles. The second-order valence-electron chi connectivity index (χ2n) is 8.61. The molecule has 0 amide bonds. The van der Waals surface area contributed by atoms with Gasteiger partial charge in [0.1, 0.15) is 17.6 Å². The van der Waals surface area contributed by atoms with Gasteiger partial charge in [0.25, 0.3) is 10.1 Å². The first-order valence-electron chi connectivity index (χ1n) is 12.1. The Balaban J connectivity index is 2.65. The molecule has 1 N–H and O–H groups in total. The number of rotatable bonds is 18. The molecule has 1 rings (SSSR count). The first-order valence-corrected chi connectivity index (χ1v) is 13.6. The highest BCUT2D eigenvalue weighted by molar-refractivity contribution is 7.86. The van der Waals surface area contributed by atoms with E-state index in [0.717, 1.165) is 30.6 Å². The van der Waals surface area contributed by atoms with Crippen LogP contribution in [0.2, 0.25) is 0 Å². The molecule has 0 radical (unpaired) electrons. The predicted molar refractivity (Wildman–Crippen MR) is 127 cm³/mol. The van der Waals surface area contributed by atoms with Crippen molar-refractivity contribution in [2.45, 2.75) is 116 Å². The third-order valence-corrected chi connectivity index (χ3v) is 6.89. The maximum Gasteiger partial charge on any atom is 0.270 e. The maximum atomic E-state index is 11.3. The molecule has 0 aromatic heterocycles. The second kappa shape index (κ2) is 15.7. The van der Waals surface area contributed by atoms with Gasteiger partial charge in [-0.1, -0.05) is 90.2 Å². The Bertz CT molecular complexity index is 670. The summed E-state index contributed by atoms with van der Waals surface area (Å²) in [6.45, 7) is 5.91. The summed E-state index contributed by atoms with van der Waals surface area (Å²) in [5.74, 6) is 0.780. The molecular formula is C25H44O4S. The number of unbranched alkanes of at least 4 members (excludes halogenated alkanes) is 10. The molecule has 0 saturated carbocycles. The van der Waals surface area contributed by atoms with Crippen LogP contribution >= 0.6 is 0 Å². The molecule has 0 heterocycles. The van der Waals surface area contributed by atoms with E-state index in [1.165, 1.54) is 83.1 Å². The summed E-state index contributed by atoms with van der Waals surface area (Å²) >= 11 is 0. The van der Waals surface area contributed by atoms with Gasteiger partial charge >= 0.3 is 0 Å². The van der Waals surface area contributed by atoms with Crippen molar-refractivity contribution < 1.29 is 17.7 Å². The lowest BCUT2D eigenvalue weighted by atomic mass is 10.00. The van der Waals surface area contributed by atoms with Gasteiger partial charge in [0.05, 0.1) is 0 Å². The zero-order chi connectivity index (χ0) is 22.2. The lowest BCUT2D eigenvalue weighted by Crippen LogP contribution is -2.24. The molecule has 1 atom stereocenters. The first kappa shape index (κ1) is 27.0.